The van der Waals surface area contributed by atoms with E-state index >= 15 is 0 Å². The van der Waals surface area contributed by atoms with Gasteiger partial charge in [0, 0.05) is 53.6 Å². The van der Waals surface area contributed by atoms with Crippen molar-refractivity contribution in [3.63, 3.8) is 0 Å². The topological polar surface area (TPSA) is 56.6 Å². The van der Waals surface area contributed by atoms with Crippen molar-refractivity contribution in [3.8, 4) is 5.75 Å². The van der Waals surface area contributed by atoms with Gasteiger partial charge in [0.25, 0.3) is 5.91 Å². The monoisotopic (exact) mass is 421 g/mol. The highest BCUT2D eigenvalue weighted by molar-refractivity contribution is 6.30. The summed E-state index contributed by atoms with van der Waals surface area (Å²) < 4.78 is 5.90. The van der Waals surface area contributed by atoms with Crippen LogP contribution < -0.4 is 9.64 Å². The summed E-state index contributed by atoms with van der Waals surface area (Å²) >= 11 is 5.99. The molecule has 1 fully saturated rings. The Balaban J connectivity index is 1.40. The van der Waals surface area contributed by atoms with E-state index < -0.39 is 0 Å². The normalized spacial score (nSPS) is 16.5. The van der Waals surface area contributed by atoms with Gasteiger partial charge in [0.05, 0.1) is 0 Å². The van der Waals surface area contributed by atoms with Gasteiger partial charge in [0.15, 0.2) is 6.61 Å². The van der Waals surface area contributed by atoms with Gasteiger partial charge in [-0.2, -0.15) is 0 Å². The molecule has 0 aliphatic carbocycles. The van der Waals surface area contributed by atoms with Gasteiger partial charge in [0.1, 0.15) is 5.75 Å². The lowest BCUT2D eigenvalue weighted by Crippen LogP contribution is -2.54. The van der Waals surface area contributed by atoms with E-state index in [0.29, 0.717) is 18.8 Å². The van der Waals surface area contributed by atoms with E-state index in [-0.39, 0.29) is 18.6 Å². The van der Waals surface area contributed by atoms with Crippen LogP contribution >= 0.6 is 11.6 Å². The van der Waals surface area contributed by atoms with Crippen LogP contribution in [-0.2, 0) is 4.79 Å². The molecule has 1 amide bonds. The summed E-state index contributed by atoms with van der Waals surface area (Å²) in [7, 11) is 0. The first-order valence-electron chi connectivity index (χ1n) is 10.0. The van der Waals surface area contributed by atoms with Gasteiger partial charge in [-0.3, -0.25) is 4.79 Å². The summed E-state index contributed by atoms with van der Waals surface area (Å²) in [6.45, 7) is 4.20. The Bertz CT molecular complexity index is 1070. The third kappa shape index (κ3) is 4.12. The molecule has 3 aromatic rings. The fourth-order valence-corrected chi connectivity index (χ4v) is 4.10. The lowest BCUT2D eigenvalue weighted by atomic mass is 10.0. The molecule has 1 heterocycles. The summed E-state index contributed by atoms with van der Waals surface area (Å²) in [6, 6.07) is 19.5. The maximum absolute atomic E-state index is 12.8. The van der Waals surface area contributed by atoms with Crippen LogP contribution in [0.3, 0.4) is 0 Å². The van der Waals surface area contributed by atoms with Crippen LogP contribution in [0.2, 0.25) is 5.02 Å². The minimum atomic E-state index is -0.0159. The smallest absolute Gasteiger partial charge is 0.260 e. The Hall–Kier alpha value is -3.05. The third-order valence-corrected chi connectivity index (χ3v) is 5.81. The number of rotatable bonds is 5. The number of carbonyl (C=O) groups excluding carboxylic acids is 1. The number of ether oxygens (including phenoxy) is 1. The van der Waals surface area contributed by atoms with Gasteiger partial charge in [0.2, 0.25) is 0 Å². The van der Waals surface area contributed by atoms with E-state index in [0.717, 1.165) is 33.6 Å². The van der Waals surface area contributed by atoms with Crippen LogP contribution in [0.5, 0.6) is 5.75 Å². The van der Waals surface area contributed by atoms with Crippen LogP contribution in [0, 0.1) is 5.41 Å². The Kier molecular flexibility index (Phi) is 5.91. The second-order valence-electron chi connectivity index (χ2n) is 7.49. The van der Waals surface area contributed by atoms with Crippen LogP contribution in [0.4, 0.5) is 5.69 Å². The molecule has 4 rings (SSSR count). The van der Waals surface area contributed by atoms with E-state index in [2.05, 4.69) is 11.8 Å². The van der Waals surface area contributed by atoms with Gasteiger partial charge in [-0.25, -0.2) is 0 Å². The zero-order valence-corrected chi connectivity index (χ0v) is 17.6. The first-order chi connectivity index (χ1) is 14.6. The van der Waals surface area contributed by atoms with Crippen molar-refractivity contribution in [1.82, 2.24) is 4.90 Å². The summed E-state index contributed by atoms with van der Waals surface area (Å²) in [5.41, 5.74) is 1.95. The number of piperazine rings is 1. The summed E-state index contributed by atoms with van der Waals surface area (Å²) in [4.78, 5) is 17.0. The minimum Gasteiger partial charge on any atom is -0.483 e. The van der Waals surface area contributed by atoms with Crippen molar-refractivity contribution in [2.75, 3.05) is 31.1 Å². The van der Waals surface area contributed by atoms with Crippen LogP contribution in [0.25, 0.3) is 10.8 Å². The number of amides is 1. The number of carbonyl (C=O) groups is 1. The molecule has 0 bridgehead atoms. The number of fused-ring (bicyclic) bond motifs is 1. The first-order valence-corrected chi connectivity index (χ1v) is 10.4. The molecule has 0 spiro atoms. The zero-order chi connectivity index (χ0) is 21.1. The number of hydrogen-bond acceptors (Lipinski definition) is 4. The highest BCUT2D eigenvalue weighted by Gasteiger charge is 2.27. The first kappa shape index (κ1) is 20.2. The highest BCUT2D eigenvalue weighted by atomic mass is 35.5. The molecule has 1 aliphatic heterocycles. The fourth-order valence-electron chi connectivity index (χ4n) is 3.98. The van der Waals surface area contributed by atoms with E-state index in [9.17, 15) is 4.79 Å². The zero-order valence-electron chi connectivity index (χ0n) is 16.8. The Morgan fingerprint density at radius 3 is 2.53 bits per heavy atom. The summed E-state index contributed by atoms with van der Waals surface area (Å²) in [6.07, 6.45) is 1.33. The molecule has 3 aromatic carbocycles. The SMILES string of the molecule is CC1CN(C(=O)COc2ccc(C=N)c3ccccc23)CCN1c1ccc(Cl)cc1. The van der Waals surface area contributed by atoms with Gasteiger partial charge in [-0.05, 0) is 48.7 Å². The molecular formula is C24H24ClN3O2. The second-order valence-corrected chi connectivity index (χ2v) is 7.93. The molecule has 1 saturated heterocycles. The van der Waals surface area contributed by atoms with Crippen molar-refractivity contribution in [1.29, 1.82) is 5.41 Å². The van der Waals surface area contributed by atoms with Gasteiger partial charge < -0.3 is 19.9 Å². The molecule has 0 aromatic heterocycles. The van der Waals surface area contributed by atoms with Crippen LogP contribution in [0.1, 0.15) is 12.5 Å². The summed E-state index contributed by atoms with van der Waals surface area (Å²) in [5, 5.41) is 10.1. The maximum Gasteiger partial charge on any atom is 0.260 e. The molecule has 5 nitrogen and oxygen atoms in total. The highest BCUT2D eigenvalue weighted by Crippen LogP contribution is 2.28. The predicted molar refractivity (Wildman–Crippen MR) is 122 cm³/mol. The van der Waals surface area contributed by atoms with Gasteiger partial charge in [-0.15, -0.1) is 0 Å². The molecule has 1 unspecified atom stereocenters. The molecule has 0 radical (unpaired) electrons. The van der Waals surface area contributed by atoms with Gasteiger partial charge >= 0.3 is 0 Å². The molecular weight excluding hydrogens is 398 g/mol. The van der Waals surface area contributed by atoms with E-state index in [1.165, 1.54) is 6.21 Å². The number of anilines is 1. The van der Waals surface area contributed by atoms with Gasteiger partial charge in [-0.1, -0.05) is 35.9 Å². The quantitative estimate of drug-likeness (QED) is 0.612. The Morgan fingerprint density at radius 1 is 1.10 bits per heavy atom. The average molecular weight is 422 g/mol. The number of benzene rings is 3. The fraction of sp³-hybridized carbons (Fsp3) is 0.250. The van der Waals surface area contributed by atoms with Crippen LogP contribution in [0.15, 0.2) is 60.7 Å². The molecule has 1 N–H and O–H groups in total. The van der Waals surface area contributed by atoms with Crippen LogP contribution in [-0.4, -0.2) is 49.3 Å². The average Bonchev–Trinajstić information content (AvgIpc) is 2.78. The Morgan fingerprint density at radius 2 is 1.83 bits per heavy atom. The van der Waals surface area contributed by atoms with Crippen molar-refractivity contribution < 1.29 is 9.53 Å². The molecule has 1 atom stereocenters. The van der Waals surface area contributed by atoms with Crippen molar-refractivity contribution in [2.24, 2.45) is 0 Å². The summed E-state index contributed by atoms with van der Waals surface area (Å²) in [5.74, 6) is 0.648. The van der Waals surface area contributed by atoms with E-state index in [1.54, 1.807) is 0 Å². The standard InChI is InChI=1S/C24H24ClN3O2/c1-17-15-27(12-13-28(17)20-9-7-19(25)8-10-20)24(29)16-30-23-11-6-18(14-26)21-4-2-3-5-22(21)23/h2-11,14,17,26H,12-13,15-16H2,1H3. The lowest BCUT2D eigenvalue weighted by molar-refractivity contribution is -0.134. The largest absolute Gasteiger partial charge is 0.483 e. The van der Waals surface area contributed by atoms with Crippen molar-refractivity contribution in [3.05, 3.63) is 71.2 Å². The number of halogens is 1. The van der Waals surface area contributed by atoms with Crippen molar-refractivity contribution >= 4 is 40.2 Å². The number of hydrogen-bond donors (Lipinski definition) is 1. The molecule has 0 saturated carbocycles. The predicted octanol–water partition coefficient (Wildman–Crippen LogP) is 4.61. The number of nitrogens with one attached hydrogen (secondary N) is 1. The molecule has 1 aliphatic rings. The molecule has 6 heteroatoms. The minimum absolute atomic E-state index is 0.00158. The lowest BCUT2D eigenvalue weighted by Gasteiger charge is -2.41. The third-order valence-electron chi connectivity index (χ3n) is 5.56. The number of nitrogens with zero attached hydrogens (tertiary/aromatic N) is 2. The Labute approximate surface area is 181 Å². The van der Waals surface area contributed by atoms with Crippen molar-refractivity contribution in [2.45, 2.75) is 13.0 Å². The van der Waals surface area contributed by atoms with E-state index in [4.69, 9.17) is 21.7 Å². The van der Waals surface area contributed by atoms with E-state index in [1.807, 2.05) is 65.6 Å². The molecule has 154 valence electrons. The second kappa shape index (κ2) is 8.76. The maximum atomic E-state index is 12.8. The molecule has 30 heavy (non-hydrogen) atoms.